The van der Waals surface area contributed by atoms with E-state index in [0.29, 0.717) is 11.4 Å². The van der Waals surface area contributed by atoms with Crippen molar-refractivity contribution in [3.63, 3.8) is 0 Å². The van der Waals surface area contributed by atoms with E-state index in [1.165, 1.54) is 5.56 Å². The molecule has 2 heterocycles. The molecule has 6 nitrogen and oxygen atoms in total. The van der Waals surface area contributed by atoms with E-state index in [1.54, 1.807) is 10.7 Å². The van der Waals surface area contributed by atoms with Crippen molar-refractivity contribution in [2.75, 3.05) is 5.32 Å². The number of fused-ring (bicyclic) bond motifs is 1. The molecule has 3 aromatic rings. The zero-order valence-electron chi connectivity index (χ0n) is 19.5. The summed E-state index contributed by atoms with van der Waals surface area (Å²) < 4.78 is 1.69. The van der Waals surface area contributed by atoms with E-state index in [9.17, 15) is 9.59 Å². The van der Waals surface area contributed by atoms with Crippen LogP contribution in [-0.4, -0.2) is 27.6 Å². The maximum Gasteiger partial charge on any atom is 0.251 e. The second kappa shape index (κ2) is 7.93. The zero-order chi connectivity index (χ0) is 23.2. The number of rotatable bonds is 3. The fourth-order valence-electron chi connectivity index (χ4n) is 4.42. The Balaban J connectivity index is 1.78. The molecule has 2 N–H and O–H groups in total. The summed E-state index contributed by atoms with van der Waals surface area (Å²) in [5.74, 6) is -0.171. The largest absolute Gasteiger partial charge is 0.339 e. The first kappa shape index (κ1) is 21.8. The van der Waals surface area contributed by atoms with E-state index in [0.717, 1.165) is 22.4 Å². The topological polar surface area (TPSA) is 76.0 Å². The molecular formula is C26H30N4O2. The summed E-state index contributed by atoms with van der Waals surface area (Å²) in [6, 6.07) is 14.9. The van der Waals surface area contributed by atoms with Crippen molar-refractivity contribution in [2.24, 2.45) is 7.05 Å². The lowest BCUT2D eigenvalue weighted by Crippen LogP contribution is -2.50. The smallest absolute Gasteiger partial charge is 0.251 e. The predicted octanol–water partition coefficient (Wildman–Crippen LogP) is 4.22. The molecule has 166 valence electrons. The molecule has 1 aliphatic heterocycles. The normalized spacial score (nSPS) is 18.1. The van der Waals surface area contributed by atoms with Crippen LogP contribution >= 0.6 is 0 Å². The van der Waals surface area contributed by atoms with Crippen molar-refractivity contribution < 1.29 is 9.59 Å². The monoisotopic (exact) mass is 430 g/mol. The molecule has 2 aromatic carbocycles. The highest BCUT2D eigenvalue weighted by atomic mass is 16.2. The Kier molecular flexibility index (Phi) is 5.41. The third kappa shape index (κ3) is 3.93. The maximum atomic E-state index is 13.2. The molecule has 0 spiro atoms. The molecule has 0 radical (unpaired) electrons. The predicted molar refractivity (Wildman–Crippen MR) is 126 cm³/mol. The number of nitrogens with one attached hydrogen (secondary N) is 2. The molecule has 0 saturated carbocycles. The maximum absolute atomic E-state index is 13.2. The molecule has 1 aliphatic rings. The van der Waals surface area contributed by atoms with Crippen LogP contribution in [0.5, 0.6) is 0 Å². The highest BCUT2D eigenvalue weighted by molar-refractivity contribution is 6.04. The molecule has 0 aliphatic carbocycles. The van der Waals surface area contributed by atoms with E-state index in [4.69, 9.17) is 0 Å². The molecule has 0 bridgehead atoms. The van der Waals surface area contributed by atoms with Gasteiger partial charge in [-0.15, -0.1) is 0 Å². The SMILES string of the molecule is Cc1cccc(C(=O)N[C@H]2C(=O)Nc3c(c(C)nn3C)[C@H]2c2ccc(C(C)(C)C)cc2)c1. The van der Waals surface area contributed by atoms with Gasteiger partial charge in [0.15, 0.2) is 0 Å². The molecular weight excluding hydrogens is 400 g/mol. The number of aromatic nitrogens is 2. The number of hydrogen-bond acceptors (Lipinski definition) is 3. The van der Waals surface area contributed by atoms with Crippen LogP contribution in [0.3, 0.4) is 0 Å². The zero-order valence-corrected chi connectivity index (χ0v) is 19.5. The third-order valence-corrected chi connectivity index (χ3v) is 6.14. The Labute approximate surface area is 189 Å². The molecule has 0 saturated heterocycles. The first-order valence-electron chi connectivity index (χ1n) is 10.9. The van der Waals surface area contributed by atoms with Crippen LogP contribution in [0.1, 0.15) is 65.0 Å². The highest BCUT2D eigenvalue weighted by Crippen LogP contribution is 2.39. The van der Waals surface area contributed by atoms with E-state index in [1.807, 2.05) is 39.1 Å². The van der Waals surface area contributed by atoms with Gasteiger partial charge in [0.25, 0.3) is 5.91 Å². The average Bonchev–Trinajstić information content (AvgIpc) is 3.01. The number of amides is 2. The third-order valence-electron chi connectivity index (χ3n) is 6.14. The van der Waals surface area contributed by atoms with Gasteiger partial charge in [0.2, 0.25) is 5.91 Å². The van der Waals surface area contributed by atoms with E-state index < -0.39 is 6.04 Å². The van der Waals surface area contributed by atoms with Gasteiger partial charge in [0, 0.05) is 24.1 Å². The Bertz CT molecular complexity index is 1190. The quantitative estimate of drug-likeness (QED) is 0.653. The lowest BCUT2D eigenvalue weighted by molar-refractivity contribution is -0.118. The van der Waals surface area contributed by atoms with Gasteiger partial charge in [-0.05, 0) is 42.5 Å². The summed E-state index contributed by atoms with van der Waals surface area (Å²) >= 11 is 0. The summed E-state index contributed by atoms with van der Waals surface area (Å²) in [5.41, 5.74) is 5.51. The van der Waals surface area contributed by atoms with Crippen LogP contribution in [0.25, 0.3) is 0 Å². The molecule has 32 heavy (non-hydrogen) atoms. The Hall–Kier alpha value is -3.41. The fraction of sp³-hybridized carbons (Fsp3) is 0.346. The van der Waals surface area contributed by atoms with Crippen LogP contribution < -0.4 is 10.6 Å². The van der Waals surface area contributed by atoms with E-state index in [2.05, 4.69) is 60.8 Å². The number of nitrogens with zero attached hydrogens (tertiary/aromatic N) is 2. The molecule has 6 heteroatoms. The minimum absolute atomic E-state index is 0.0244. The van der Waals surface area contributed by atoms with Gasteiger partial charge in [0.05, 0.1) is 5.69 Å². The summed E-state index contributed by atoms with van der Waals surface area (Å²) in [4.78, 5) is 26.3. The Morgan fingerprint density at radius 1 is 1.09 bits per heavy atom. The number of anilines is 1. The number of carbonyl (C=O) groups excluding carboxylic acids is 2. The lowest BCUT2D eigenvalue weighted by Gasteiger charge is -2.33. The van der Waals surface area contributed by atoms with Gasteiger partial charge in [0.1, 0.15) is 11.9 Å². The van der Waals surface area contributed by atoms with Crippen LogP contribution in [0.15, 0.2) is 48.5 Å². The number of carbonyl (C=O) groups is 2. The second-order valence-electron chi connectivity index (χ2n) is 9.63. The summed E-state index contributed by atoms with van der Waals surface area (Å²) in [5, 5.41) is 10.5. The number of aryl methyl sites for hydroxylation is 3. The molecule has 1 aromatic heterocycles. The molecule has 0 unspecified atom stereocenters. The van der Waals surface area contributed by atoms with Crippen molar-refractivity contribution in [3.8, 4) is 0 Å². The highest BCUT2D eigenvalue weighted by Gasteiger charge is 2.41. The van der Waals surface area contributed by atoms with Crippen LogP contribution in [0.2, 0.25) is 0 Å². The number of hydrogen-bond donors (Lipinski definition) is 2. The van der Waals surface area contributed by atoms with E-state index in [-0.39, 0.29) is 23.1 Å². The second-order valence-corrected chi connectivity index (χ2v) is 9.63. The Morgan fingerprint density at radius 3 is 2.41 bits per heavy atom. The summed E-state index contributed by atoms with van der Waals surface area (Å²) in [6.45, 7) is 10.4. The van der Waals surface area contributed by atoms with Crippen molar-refractivity contribution in [2.45, 2.75) is 52.0 Å². The average molecular weight is 431 g/mol. The van der Waals surface area contributed by atoms with Crippen molar-refractivity contribution in [1.29, 1.82) is 0 Å². The fourth-order valence-corrected chi connectivity index (χ4v) is 4.42. The van der Waals surface area contributed by atoms with Crippen LogP contribution in [0, 0.1) is 13.8 Å². The molecule has 2 amide bonds. The van der Waals surface area contributed by atoms with Crippen LogP contribution in [0.4, 0.5) is 5.82 Å². The lowest BCUT2D eigenvalue weighted by atomic mass is 9.80. The molecule has 0 fully saturated rings. The first-order chi connectivity index (χ1) is 15.1. The van der Waals surface area contributed by atoms with Crippen molar-refractivity contribution >= 4 is 17.6 Å². The minimum atomic E-state index is -0.751. The van der Waals surface area contributed by atoms with Crippen molar-refractivity contribution in [3.05, 3.63) is 82.0 Å². The molecule has 2 atom stereocenters. The van der Waals surface area contributed by atoms with E-state index >= 15 is 0 Å². The van der Waals surface area contributed by atoms with Gasteiger partial charge in [-0.3, -0.25) is 14.3 Å². The standard InChI is InChI=1S/C26H30N4O2/c1-15-8-7-9-18(14-15)24(31)27-22-21(17-10-12-19(13-11-17)26(3,4)5)20-16(2)29-30(6)23(20)28-25(22)32/h7-14,21-22H,1-6H3,(H,27,31)(H,28,32)/t21-,22-/m1/s1. The van der Waals surface area contributed by atoms with Gasteiger partial charge in [-0.1, -0.05) is 62.7 Å². The van der Waals surface area contributed by atoms with Gasteiger partial charge < -0.3 is 10.6 Å². The first-order valence-corrected chi connectivity index (χ1v) is 10.9. The van der Waals surface area contributed by atoms with Gasteiger partial charge >= 0.3 is 0 Å². The summed E-state index contributed by atoms with van der Waals surface area (Å²) in [6.07, 6.45) is 0. The van der Waals surface area contributed by atoms with Gasteiger partial charge in [-0.25, -0.2) is 0 Å². The Morgan fingerprint density at radius 2 is 1.78 bits per heavy atom. The van der Waals surface area contributed by atoms with Crippen LogP contribution in [-0.2, 0) is 17.3 Å². The van der Waals surface area contributed by atoms with Crippen molar-refractivity contribution in [1.82, 2.24) is 15.1 Å². The molecule has 4 rings (SSSR count). The van der Waals surface area contributed by atoms with Gasteiger partial charge in [-0.2, -0.15) is 5.10 Å². The summed E-state index contributed by atoms with van der Waals surface area (Å²) in [7, 11) is 1.82. The number of benzene rings is 2. The minimum Gasteiger partial charge on any atom is -0.339 e.